The van der Waals surface area contributed by atoms with Crippen LogP contribution >= 0.6 is 34.8 Å². The van der Waals surface area contributed by atoms with Gasteiger partial charge >= 0.3 is 0 Å². The number of ether oxygens (including phenoxy) is 1. The van der Waals surface area contributed by atoms with Gasteiger partial charge in [0.05, 0.1) is 15.6 Å². The summed E-state index contributed by atoms with van der Waals surface area (Å²) in [5.74, 6) is -0.788. The second kappa shape index (κ2) is 7.55. The molecule has 0 aliphatic carbocycles. The number of carbonyl (C=O) groups excluding carboxylic acids is 2. The average molecular weight is 374 g/mol. The number of halogens is 3. The summed E-state index contributed by atoms with van der Waals surface area (Å²) in [4.78, 5) is 23.1. The molecular weight excluding hydrogens is 363 g/mol. The van der Waals surface area contributed by atoms with Crippen LogP contribution in [0, 0.1) is 0 Å². The fourth-order valence-corrected chi connectivity index (χ4v) is 2.40. The largest absolute Gasteiger partial charge is 0.482 e. The number of hydrogen-bond acceptors (Lipinski definition) is 3. The van der Waals surface area contributed by atoms with E-state index in [1.165, 1.54) is 18.2 Å². The van der Waals surface area contributed by atoms with Crippen molar-refractivity contribution in [1.82, 2.24) is 0 Å². The van der Waals surface area contributed by atoms with Gasteiger partial charge in [0.15, 0.2) is 6.61 Å². The molecule has 2 amide bonds. The van der Waals surface area contributed by atoms with Gasteiger partial charge in [-0.3, -0.25) is 9.59 Å². The third-order valence-electron chi connectivity index (χ3n) is 2.77. The van der Waals surface area contributed by atoms with Crippen molar-refractivity contribution in [3.8, 4) is 5.75 Å². The Hall–Kier alpha value is -1.95. The van der Waals surface area contributed by atoms with Gasteiger partial charge in [0.2, 0.25) is 5.91 Å². The first-order chi connectivity index (χ1) is 10.9. The van der Waals surface area contributed by atoms with Gasteiger partial charge in [-0.2, -0.15) is 0 Å². The summed E-state index contributed by atoms with van der Waals surface area (Å²) < 4.78 is 5.31. The Kier molecular flexibility index (Phi) is 5.71. The van der Waals surface area contributed by atoms with E-state index in [2.05, 4.69) is 5.32 Å². The second-order valence-corrected chi connectivity index (χ2v) is 5.72. The van der Waals surface area contributed by atoms with Gasteiger partial charge in [-0.05, 0) is 36.4 Å². The lowest BCUT2D eigenvalue weighted by atomic mass is 10.2. The Morgan fingerprint density at radius 2 is 1.78 bits per heavy atom. The SMILES string of the molecule is NC(=O)c1cc(NC(=O)COc2ccc(Cl)cc2Cl)ccc1Cl. The maximum atomic E-state index is 11.9. The fraction of sp³-hybridized carbons (Fsp3) is 0.0667. The van der Waals surface area contributed by atoms with Gasteiger partial charge in [-0.1, -0.05) is 34.8 Å². The van der Waals surface area contributed by atoms with Crippen molar-refractivity contribution >= 4 is 52.3 Å². The van der Waals surface area contributed by atoms with Crippen LogP contribution in [0.3, 0.4) is 0 Å². The molecule has 0 saturated heterocycles. The van der Waals surface area contributed by atoms with Crippen LogP contribution in [0.4, 0.5) is 5.69 Å². The zero-order valence-electron chi connectivity index (χ0n) is 11.6. The first-order valence-electron chi connectivity index (χ1n) is 6.34. The maximum absolute atomic E-state index is 11.9. The Morgan fingerprint density at radius 1 is 1.04 bits per heavy atom. The molecule has 0 radical (unpaired) electrons. The summed E-state index contributed by atoms with van der Waals surface area (Å²) in [6.45, 7) is -0.268. The van der Waals surface area contributed by atoms with Crippen LogP contribution in [0.2, 0.25) is 15.1 Å². The lowest BCUT2D eigenvalue weighted by Crippen LogP contribution is -2.21. The van der Waals surface area contributed by atoms with E-state index in [1.54, 1.807) is 18.2 Å². The van der Waals surface area contributed by atoms with Crippen molar-refractivity contribution in [3.05, 3.63) is 57.0 Å². The highest BCUT2D eigenvalue weighted by atomic mass is 35.5. The van der Waals surface area contributed by atoms with E-state index in [1.807, 2.05) is 0 Å². The average Bonchev–Trinajstić information content (AvgIpc) is 2.48. The highest BCUT2D eigenvalue weighted by Gasteiger charge is 2.10. The molecule has 2 rings (SSSR count). The van der Waals surface area contributed by atoms with E-state index in [-0.39, 0.29) is 17.2 Å². The number of nitrogens with two attached hydrogens (primary N) is 1. The molecule has 0 unspecified atom stereocenters. The molecule has 0 aliphatic rings. The minimum absolute atomic E-state index is 0.117. The molecule has 23 heavy (non-hydrogen) atoms. The van der Waals surface area contributed by atoms with Gasteiger partial charge in [0.1, 0.15) is 5.75 Å². The molecular formula is C15H11Cl3N2O3. The highest BCUT2D eigenvalue weighted by Crippen LogP contribution is 2.27. The molecule has 0 fully saturated rings. The number of primary amides is 1. The topological polar surface area (TPSA) is 81.4 Å². The molecule has 0 aromatic heterocycles. The molecule has 0 heterocycles. The first kappa shape index (κ1) is 17.4. The number of rotatable bonds is 5. The smallest absolute Gasteiger partial charge is 0.262 e. The highest BCUT2D eigenvalue weighted by molar-refractivity contribution is 6.35. The van der Waals surface area contributed by atoms with Crippen molar-refractivity contribution in [3.63, 3.8) is 0 Å². The van der Waals surface area contributed by atoms with Crippen molar-refractivity contribution in [2.24, 2.45) is 5.73 Å². The molecule has 0 atom stereocenters. The summed E-state index contributed by atoms with van der Waals surface area (Å²) in [7, 11) is 0. The van der Waals surface area contributed by atoms with Gasteiger partial charge < -0.3 is 15.8 Å². The summed E-state index contributed by atoms with van der Waals surface area (Å²) in [6.07, 6.45) is 0. The minimum Gasteiger partial charge on any atom is -0.482 e. The number of benzene rings is 2. The van der Waals surface area contributed by atoms with E-state index < -0.39 is 11.8 Å². The fourth-order valence-electron chi connectivity index (χ4n) is 1.72. The standard InChI is InChI=1S/C15H11Cl3N2O3/c16-8-1-4-13(12(18)5-8)23-7-14(21)20-9-2-3-11(17)10(6-9)15(19)22/h1-6H,7H2,(H2,19,22)(H,20,21). The molecule has 2 aromatic carbocycles. The molecule has 3 N–H and O–H groups in total. The molecule has 120 valence electrons. The van der Waals surface area contributed by atoms with E-state index in [0.717, 1.165) is 0 Å². The van der Waals surface area contributed by atoms with Crippen LogP contribution in [-0.2, 0) is 4.79 Å². The maximum Gasteiger partial charge on any atom is 0.262 e. The summed E-state index contributed by atoms with van der Waals surface area (Å²) in [6, 6.07) is 9.06. The normalized spacial score (nSPS) is 10.2. The van der Waals surface area contributed by atoms with Crippen LogP contribution in [0.5, 0.6) is 5.75 Å². The lowest BCUT2D eigenvalue weighted by Gasteiger charge is -2.10. The number of hydrogen-bond donors (Lipinski definition) is 2. The molecule has 0 aliphatic heterocycles. The first-order valence-corrected chi connectivity index (χ1v) is 7.47. The predicted molar refractivity (Wildman–Crippen MR) is 90.6 cm³/mol. The Morgan fingerprint density at radius 3 is 2.43 bits per heavy atom. The van der Waals surface area contributed by atoms with Crippen molar-refractivity contribution in [2.75, 3.05) is 11.9 Å². The molecule has 0 bridgehead atoms. The lowest BCUT2D eigenvalue weighted by molar-refractivity contribution is -0.118. The molecule has 8 heteroatoms. The number of nitrogens with one attached hydrogen (secondary N) is 1. The van der Waals surface area contributed by atoms with E-state index in [0.29, 0.717) is 21.5 Å². The molecule has 0 spiro atoms. The molecule has 2 aromatic rings. The predicted octanol–water partition coefficient (Wildman–Crippen LogP) is 3.76. The quantitative estimate of drug-likeness (QED) is 0.837. The van der Waals surface area contributed by atoms with E-state index >= 15 is 0 Å². The van der Waals surface area contributed by atoms with Crippen molar-refractivity contribution in [1.29, 1.82) is 0 Å². The van der Waals surface area contributed by atoms with Gasteiger partial charge in [0.25, 0.3) is 5.91 Å². The van der Waals surface area contributed by atoms with Crippen LogP contribution in [0.25, 0.3) is 0 Å². The molecule has 5 nitrogen and oxygen atoms in total. The van der Waals surface area contributed by atoms with Crippen LogP contribution < -0.4 is 15.8 Å². The molecule has 0 saturated carbocycles. The minimum atomic E-state index is -0.685. The van der Waals surface area contributed by atoms with Crippen LogP contribution in [0.15, 0.2) is 36.4 Å². The third-order valence-corrected chi connectivity index (χ3v) is 3.63. The Labute approximate surface area is 147 Å². The van der Waals surface area contributed by atoms with Gasteiger partial charge in [0, 0.05) is 10.7 Å². The van der Waals surface area contributed by atoms with E-state index in [9.17, 15) is 9.59 Å². The van der Waals surface area contributed by atoms with Gasteiger partial charge in [-0.25, -0.2) is 0 Å². The summed E-state index contributed by atoms with van der Waals surface area (Å²) in [5.41, 5.74) is 5.68. The zero-order chi connectivity index (χ0) is 17.0. The number of anilines is 1. The Bertz CT molecular complexity index is 766. The van der Waals surface area contributed by atoms with Crippen LogP contribution in [-0.4, -0.2) is 18.4 Å². The van der Waals surface area contributed by atoms with Crippen molar-refractivity contribution in [2.45, 2.75) is 0 Å². The van der Waals surface area contributed by atoms with Gasteiger partial charge in [-0.15, -0.1) is 0 Å². The zero-order valence-corrected chi connectivity index (χ0v) is 13.9. The monoisotopic (exact) mass is 372 g/mol. The summed E-state index contributed by atoms with van der Waals surface area (Å²) >= 11 is 17.5. The Balaban J connectivity index is 2.00. The third kappa shape index (κ3) is 4.76. The van der Waals surface area contributed by atoms with Crippen LogP contribution in [0.1, 0.15) is 10.4 Å². The number of amides is 2. The summed E-state index contributed by atoms with van der Waals surface area (Å²) in [5, 5.41) is 3.54. The van der Waals surface area contributed by atoms with E-state index in [4.69, 9.17) is 45.3 Å². The second-order valence-electron chi connectivity index (χ2n) is 4.47. The number of carbonyl (C=O) groups is 2. The van der Waals surface area contributed by atoms with Crippen molar-refractivity contribution < 1.29 is 14.3 Å².